The molecule has 3 nitrogen and oxygen atoms in total. The highest BCUT2D eigenvalue weighted by Gasteiger charge is 2.31. The smallest absolute Gasteiger partial charge is 0.247 e. The molecule has 1 rings (SSSR count). The van der Waals surface area contributed by atoms with Gasteiger partial charge in [-0.05, 0) is 31.4 Å². The summed E-state index contributed by atoms with van der Waals surface area (Å²) in [6, 6.07) is 5.73. The fourth-order valence-electron chi connectivity index (χ4n) is 1.03. The highest BCUT2D eigenvalue weighted by molar-refractivity contribution is 7.14. The fraction of sp³-hybridized carbons (Fsp3) is 0.400. The molecule has 4 heteroatoms. The Morgan fingerprint density at radius 3 is 2.71 bits per heavy atom. The highest BCUT2D eigenvalue weighted by Crippen LogP contribution is 2.25. The zero-order valence-electron chi connectivity index (χ0n) is 8.44. The van der Waals surface area contributed by atoms with Gasteiger partial charge in [0.25, 0.3) is 0 Å². The number of rotatable bonds is 2. The Bertz CT molecular complexity index is 362. The van der Waals surface area contributed by atoms with Crippen LogP contribution in [0.5, 0.6) is 0 Å². The van der Waals surface area contributed by atoms with E-state index in [0.717, 1.165) is 5.00 Å². The zero-order valence-corrected chi connectivity index (χ0v) is 9.26. The molecule has 1 heterocycles. The lowest BCUT2D eigenvalue weighted by Gasteiger charge is -2.22. The highest BCUT2D eigenvalue weighted by atomic mass is 32.1. The molecule has 0 aliphatic rings. The van der Waals surface area contributed by atoms with E-state index in [0.29, 0.717) is 0 Å². The third-order valence-electron chi connectivity index (χ3n) is 1.96. The summed E-state index contributed by atoms with van der Waals surface area (Å²) < 4.78 is 0. The molecule has 1 amide bonds. The molecular formula is C10H12N2OS. The second-order valence-electron chi connectivity index (χ2n) is 3.55. The monoisotopic (exact) mass is 208 g/mol. The molecule has 74 valence electrons. The Labute approximate surface area is 87.6 Å². The maximum atomic E-state index is 11.8. The second kappa shape index (κ2) is 3.81. The van der Waals surface area contributed by atoms with Crippen LogP contribution < -0.4 is 4.90 Å². The third-order valence-corrected chi connectivity index (χ3v) is 2.90. The Morgan fingerprint density at radius 2 is 2.29 bits per heavy atom. The van der Waals surface area contributed by atoms with Gasteiger partial charge in [0.2, 0.25) is 5.91 Å². The van der Waals surface area contributed by atoms with Crippen LogP contribution >= 0.6 is 11.3 Å². The van der Waals surface area contributed by atoms with Crippen LogP contribution in [-0.4, -0.2) is 13.0 Å². The molecule has 0 atom stereocenters. The Morgan fingerprint density at radius 1 is 1.64 bits per heavy atom. The number of anilines is 1. The van der Waals surface area contributed by atoms with Crippen LogP contribution in [0, 0.1) is 16.7 Å². The van der Waals surface area contributed by atoms with Crippen molar-refractivity contribution in [2.24, 2.45) is 5.41 Å². The van der Waals surface area contributed by atoms with Crippen LogP contribution in [0.3, 0.4) is 0 Å². The summed E-state index contributed by atoms with van der Waals surface area (Å²) in [7, 11) is 1.69. The lowest BCUT2D eigenvalue weighted by molar-refractivity contribution is -0.123. The summed E-state index contributed by atoms with van der Waals surface area (Å²) in [6.07, 6.45) is 0. The van der Waals surface area contributed by atoms with E-state index in [9.17, 15) is 4.79 Å². The molecule has 0 spiro atoms. The summed E-state index contributed by atoms with van der Waals surface area (Å²) in [5.74, 6) is -0.178. The third kappa shape index (κ3) is 1.94. The molecule has 0 saturated carbocycles. The normalized spacial score (nSPS) is 10.7. The van der Waals surface area contributed by atoms with Crippen molar-refractivity contribution in [3.63, 3.8) is 0 Å². The average Bonchev–Trinajstić information content (AvgIpc) is 2.68. The predicted molar refractivity (Wildman–Crippen MR) is 57.1 cm³/mol. The van der Waals surface area contributed by atoms with Crippen molar-refractivity contribution in [2.75, 3.05) is 11.9 Å². The van der Waals surface area contributed by atoms with Crippen LogP contribution in [0.1, 0.15) is 13.8 Å². The van der Waals surface area contributed by atoms with Crippen molar-refractivity contribution < 1.29 is 4.79 Å². The Kier molecular flexibility index (Phi) is 2.92. The van der Waals surface area contributed by atoms with Crippen molar-refractivity contribution in [3.8, 4) is 6.07 Å². The quantitative estimate of drug-likeness (QED) is 0.748. The molecule has 1 aromatic rings. The Balaban J connectivity index is 2.88. The molecule has 0 N–H and O–H groups in total. The van der Waals surface area contributed by atoms with Crippen LogP contribution in [0.2, 0.25) is 0 Å². The van der Waals surface area contributed by atoms with Crippen molar-refractivity contribution in [2.45, 2.75) is 13.8 Å². The first-order chi connectivity index (χ1) is 6.49. The fourth-order valence-corrected chi connectivity index (χ4v) is 1.72. The first-order valence-corrected chi connectivity index (χ1v) is 5.10. The molecule has 1 aromatic heterocycles. The number of thiophene rings is 1. The zero-order chi connectivity index (χ0) is 10.8. The van der Waals surface area contributed by atoms with E-state index in [1.54, 1.807) is 20.9 Å². The van der Waals surface area contributed by atoms with E-state index in [2.05, 4.69) is 0 Å². The van der Waals surface area contributed by atoms with Gasteiger partial charge in [-0.25, -0.2) is 0 Å². The molecule has 0 fully saturated rings. The van der Waals surface area contributed by atoms with Gasteiger partial charge in [0.1, 0.15) is 5.41 Å². The van der Waals surface area contributed by atoms with Gasteiger partial charge in [0.05, 0.1) is 11.1 Å². The van der Waals surface area contributed by atoms with Crippen molar-refractivity contribution in [1.82, 2.24) is 0 Å². The summed E-state index contributed by atoms with van der Waals surface area (Å²) in [6.45, 7) is 3.25. The molecule has 0 aromatic carbocycles. The van der Waals surface area contributed by atoms with E-state index in [1.807, 2.05) is 23.6 Å². The SMILES string of the molecule is CN(C(=O)C(C)(C)C#N)c1cccs1. The number of amides is 1. The van der Waals surface area contributed by atoms with E-state index in [1.165, 1.54) is 16.2 Å². The molecule has 0 radical (unpaired) electrons. The van der Waals surface area contributed by atoms with Gasteiger partial charge < -0.3 is 4.90 Å². The van der Waals surface area contributed by atoms with Gasteiger partial charge >= 0.3 is 0 Å². The van der Waals surface area contributed by atoms with Crippen LogP contribution in [0.4, 0.5) is 5.00 Å². The van der Waals surface area contributed by atoms with Gasteiger partial charge in [-0.3, -0.25) is 4.79 Å². The molecular weight excluding hydrogens is 196 g/mol. The average molecular weight is 208 g/mol. The van der Waals surface area contributed by atoms with Crippen LogP contribution in [0.25, 0.3) is 0 Å². The van der Waals surface area contributed by atoms with Crippen molar-refractivity contribution in [1.29, 1.82) is 5.26 Å². The van der Waals surface area contributed by atoms with Gasteiger partial charge in [-0.15, -0.1) is 11.3 Å². The summed E-state index contributed by atoms with van der Waals surface area (Å²) in [5, 5.41) is 11.6. The number of nitriles is 1. The minimum Gasteiger partial charge on any atom is -0.306 e. The van der Waals surface area contributed by atoms with Gasteiger partial charge in [-0.2, -0.15) is 5.26 Å². The van der Waals surface area contributed by atoms with Crippen LogP contribution in [-0.2, 0) is 4.79 Å². The largest absolute Gasteiger partial charge is 0.306 e. The molecule has 0 bridgehead atoms. The summed E-state index contributed by atoms with van der Waals surface area (Å²) >= 11 is 1.48. The number of carbonyl (C=O) groups excluding carboxylic acids is 1. The van der Waals surface area contributed by atoms with E-state index in [4.69, 9.17) is 5.26 Å². The Hall–Kier alpha value is -1.34. The maximum Gasteiger partial charge on any atom is 0.247 e. The summed E-state index contributed by atoms with van der Waals surface area (Å²) in [5.41, 5.74) is -0.960. The first kappa shape index (κ1) is 10.7. The number of hydrogen-bond acceptors (Lipinski definition) is 3. The minimum atomic E-state index is -0.960. The van der Waals surface area contributed by atoms with Gasteiger partial charge in [-0.1, -0.05) is 0 Å². The number of carbonyl (C=O) groups is 1. The minimum absolute atomic E-state index is 0.178. The lowest BCUT2D eigenvalue weighted by Crippen LogP contribution is -2.37. The first-order valence-electron chi connectivity index (χ1n) is 4.22. The van der Waals surface area contributed by atoms with Gasteiger partial charge in [0.15, 0.2) is 0 Å². The number of nitrogens with zero attached hydrogens (tertiary/aromatic N) is 2. The predicted octanol–water partition coefficient (Wildman–Crippen LogP) is 2.26. The molecule has 0 aliphatic heterocycles. The maximum absolute atomic E-state index is 11.8. The second-order valence-corrected chi connectivity index (χ2v) is 4.48. The van der Waals surface area contributed by atoms with Crippen LogP contribution in [0.15, 0.2) is 17.5 Å². The molecule has 0 unspecified atom stereocenters. The molecule has 14 heavy (non-hydrogen) atoms. The molecule has 0 aliphatic carbocycles. The van der Waals surface area contributed by atoms with E-state index >= 15 is 0 Å². The standard InChI is InChI=1S/C10H12N2OS/c1-10(2,7-11)9(13)12(3)8-5-4-6-14-8/h4-6H,1-3H3. The summed E-state index contributed by atoms with van der Waals surface area (Å²) in [4.78, 5) is 13.3. The van der Waals surface area contributed by atoms with Crippen molar-refractivity contribution in [3.05, 3.63) is 17.5 Å². The molecule has 0 saturated heterocycles. The van der Waals surface area contributed by atoms with E-state index < -0.39 is 5.41 Å². The van der Waals surface area contributed by atoms with Crippen molar-refractivity contribution >= 4 is 22.2 Å². The number of hydrogen-bond donors (Lipinski definition) is 0. The van der Waals surface area contributed by atoms with E-state index in [-0.39, 0.29) is 5.91 Å². The lowest BCUT2D eigenvalue weighted by atomic mass is 9.94. The topological polar surface area (TPSA) is 44.1 Å². The van der Waals surface area contributed by atoms with Gasteiger partial charge in [0, 0.05) is 7.05 Å².